The van der Waals surface area contributed by atoms with Gasteiger partial charge in [0.05, 0.1) is 19.3 Å². The summed E-state index contributed by atoms with van der Waals surface area (Å²) in [6.07, 6.45) is -0.945. The van der Waals surface area contributed by atoms with Gasteiger partial charge in [-0.05, 0) is 6.07 Å². The van der Waals surface area contributed by atoms with Crippen LogP contribution in [0, 0.1) is 5.82 Å². The summed E-state index contributed by atoms with van der Waals surface area (Å²) in [5.41, 5.74) is 0.274. The van der Waals surface area contributed by atoms with E-state index in [1.165, 1.54) is 11.0 Å². The van der Waals surface area contributed by atoms with Gasteiger partial charge < -0.3 is 19.7 Å². The van der Waals surface area contributed by atoms with Gasteiger partial charge in [-0.1, -0.05) is 18.2 Å². The first-order valence-electron chi connectivity index (χ1n) is 8.77. The molecule has 2 saturated heterocycles. The predicted octanol–water partition coefficient (Wildman–Crippen LogP) is 0.172. The van der Waals surface area contributed by atoms with Crippen molar-refractivity contribution >= 4 is 11.8 Å². The van der Waals surface area contributed by atoms with Crippen molar-refractivity contribution in [3.8, 4) is 0 Å². The quantitative estimate of drug-likeness (QED) is 0.806. The van der Waals surface area contributed by atoms with Crippen LogP contribution in [0.3, 0.4) is 0 Å². The Morgan fingerprint density at radius 2 is 2.04 bits per heavy atom. The molecule has 8 heteroatoms. The monoisotopic (exact) mass is 365 g/mol. The normalized spacial score (nSPS) is 24.5. The maximum absolute atomic E-state index is 14.3. The maximum Gasteiger partial charge on any atom is 0.251 e. The van der Waals surface area contributed by atoms with Crippen molar-refractivity contribution in [1.29, 1.82) is 0 Å². The minimum absolute atomic E-state index is 0.191. The van der Waals surface area contributed by atoms with Crippen molar-refractivity contribution in [2.24, 2.45) is 0 Å². The number of benzene rings is 1. The van der Waals surface area contributed by atoms with Gasteiger partial charge in [-0.2, -0.15) is 0 Å². The molecule has 2 aliphatic rings. The van der Waals surface area contributed by atoms with E-state index in [1.807, 2.05) is 0 Å². The summed E-state index contributed by atoms with van der Waals surface area (Å²) in [5, 5.41) is 2.85. The van der Waals surface area contributed by atoms with E-state index in [2.05, 4.69) is 10.2 Å². The maximum atomic E-state index is 14.3. The third-order valence-electron chi connectivity index (χ3n) is 4.80. The van der Waals surface area contributed by atoms with Crippen LogP contribution in [0.4, 0.5) is 4.39 Å². The third-order valence-corrected chi connectivity index (χ3v) is 4.80. The van der Waals surface area contributed by atoms with E-state index in [4.69, 9.17) is 9.47 Å². The molecule has 3 rings (SSSR count). The molecular weight excluding hydrogens is 341 g/mol. The van der Waals surface area contributed by atoms with Crippen LogP contribution in [0.15, 0.2) is 24.3 Å². The van der Waals surface area contributed by atoms with Gasteiger partial charge in [-0.25, -0.2) is 4.39 Å². The molecule has 1 aromatic carbocycles. The zero-order valence-electron chi connectivity index (χ0n) is 14.8. The largest absolute Gasteiger partial charge is 0.379 e. The molecule has 0 spiro atoms. The van der Waals surface area contributed by atoms with Gasteiger partial charge >= 0.3 is 0 Å². The van der Waals surface area contributed by atoms with Gasteiger partial charge in [0.15, 0.2) is 6.10 Å². The minimum atomic E-state index is -0.945. The Hall–Kier alpha value is -2.03. The first-order chi connectivity index (χ1) is 12.6. The van der Waals surface area contributed by atoms with E-state index < -0.39 is 18.0 Å². The molecule has 0 radical (unpaired) electrons. The summed E-state index contributed by atoms with van der Waals surface area (Å²) in [6, 6.07) is 5.35. The van der Waals surface area contributed by atoms with Crippen molar-refractivity contribution in [3.05, 3.63) is 35.6 Å². The molecule has 2 fully saturated rings. The number of likely N-dealkylation sites (N-methyl/N-ethyl adjacent to an activating group) is 1. The molecule has 7 nitrogen and oxygen atoms in total. The summed E-state index contributed by atoms with van der Waals surface area (Å²) in [7, 11) is 1.57. The van der Waals surface area contributed by atoms with E-state index in [9.17, 15) is 14.0 Å². The summed E-state index contributed by atoms with van der Waals surface area (Å²) >= 11 is 0. The minimum Gasteiger partial charge on any atom is -0.379 e. The molecule has 2 aliphatic heterocycles. The smallest absolute Gasteiger partial charge is 0.251 e. The van der Waals surface area contributed by atoms with E-state index in [0.717, 1.165) is 13.1 Å². The zero-order valence-corrected chi connectivity index (χ0v) is 14.8. The number of nitrogens with one attached hydrogen (secondary N) is 1. The molecule has 142 valence electrons. The lowest BCUT2D eigenvalue weighted by Crippen LogP contribution is -2.54. The average molecular weight is 365 g/mol. The van der Waals surface area contributed by atoms with Crippen LogP contribution in [0.5, 0.6) is 0 Å². The molecule has 2 amide bonds. The van der Waals surface area contributed by atoms with Gasteiger partial charge in [-0.15, -0.1) is 0 Å². The number of rotatable bonds is 5. The molecule has 1 N–H and O–H groups in total. The summed E-state index contributed by atoms with van der Waals surface area (Å²) in [5.74, 6) is -1.09. The van der Waals surface area contributed by atoms with Crippen molar-refractivity contribution < 1.29 is 23.5 Å². The first-order valence-corrected chi connectivity index (χ1v) is 8.77. The lowest BCUT2D eigenvalue weighted by Gasteiger charge is -2.38. The van der Waals surface area contributed by atoms with E-state index >= 15 is 0 Å². The van der Waals surface area contributed by atoms with Gasteiger partial charge in [0, 0.05) is 38.8 Å². The topological polar surface area (TPSA) is 71.1 Å². The molecule has 2 atom stereocenters. The molecule has 0 bridgehead atoms. The Bertz CT molecular complexity index is 651. The third kappa shape index (κ3) is 4.20. The van der Waals surface area contributed by atoms with Gasteiger partial charge in [-0.3, -0.25) is 14.5 Å². The highest BCUT2D eigenvalue weighted by Crippen LogP contribution is 2.30. The number of ether oxygens (including phenoxy) is 2. The SMILES string of the molecule is CN1C(=O)CO[C@@H](C(=O)NCCN2CCOCC2)[C@H]1c1ccccc1F. The molecule has 2 heterocycles. The Balaban J connectivity index is 1.66. The average Bonchev–Trinajstić information content (AvgIpc) is 2.65. The molecule has 0 unspecified atom stereocenters. The highest BCUT2D eigenvalue weighted by atomic mass is 19.1. The molecule has 0 saturated carbocycles. The van der Waals surface area contributed by atoms with E-state index in [0.29, 0.717) is 26.3 Å². The van der Waals surface area contributed by atoms with Crippen LogP contribution >= 0.6 is 0 Å². The molecule has 26 heavy (non-hydrogen) atoms. The number of nitrogens with zero attached hydrogens (tertiary/aromatic N) is 2. The molecule has 0 aromatic heterocycles. The number of halogens is 1. The summed E-state index contributed by atoms with van der Waals surface area (Å²) < 4.78 is 25.0. The van der Waals surface area contributed by atoms with Crippen LogP contribution in [0.25, 0.3) is 0 Å². The number of hydrogen-bond donors (Lipinski definition) is 1. The Morgan fingerprint density at radius 3 is 2.77 bits per heavy atom. The Kier molecular flexibility index (Phi) is 6.18. The second-order valence-corrected chi connectivity index (χ2v) is 6.45. The fourth-order valence-electron chi connectivity index (χ4n) is 3.28. The van der Waals surface area contributed by atoms with Crippen LogP contribution < -0.4 is 5.32 Å². The fraction of sp³-hybridized carbons (Fsp3) is 0.556. The summed E-state index contributed by atoms with van der Waals surface area (Å²) in [4.78, 5) is 28.2. The van der Waals surface area contributed by atoms with Gasteiger partial charge in [0.1, 0.15) is 12.4 Å². The van der Waals surface area contributed by atoms with Crippen molar-refractivity contribution in [1.82, 2.24) is 15.1 Å². The number of carbonyl (C=O) groups excluding carboxylic acids is 2. The first kappa shape index (κ1) is 18.8. The standard InChI is InChI=1S/C18H24FN3O4/c1-21-15(23)12-26-17(16(21)13-4-2-3-5-14(13)19)18(24)20-6-7-22-8-10-25-11-9-22/h2-5,16-17H,6-12H2,1H3,(H,20,24)/t16-,17-/m1/s1. The number of morpholine rings is 2. The Labute approximate surface area is 152 Å². The van der Waals surface area contributed by atoms with Gasteiger partial charge in [0.25, 0.3) is 5.91 Å². The van der Waals surface area contributed by atoms with Crippen LogP contribution in [0.2, 0.25) is 0 Å². The van der Waals surface area contributed by atoms with Gasteiger partial charge in [0.2, 0.25) is 5.91 Å². The highest BCUT2D eigenvalue weighted by molar-refractivity contribution is 5.86. The summed E-state index contributed by atoms with van der Waals surface area (Å²) in [6.45, 7) is 4.05. The van der Waals surface area contributed by atoms with Crippen LogP contribution in [0.1, 0.15) is 11.6 Å². The number of amides is 2. The molecule has 1 aromatic rings. The van der Waals surface area contributed by atoms with E-state index in [-0.39, 0.29) is 24.0 Å². The van der Waals surface area contributed by atoms with Crippen molar-refractivity contribution in [3.63, 3.8) is 0 Å². The Morgan fingerprint density at radius 1 is 1.31 bits per heavy atom. The second kappa shape index (κ2) is 8.57. The van der Waals surface area contributed by atoms with Crippen molar-refractivity contribution in [2.45, 2.75) is 12.1 Å². The predicted molar refractivity (Wildman–Crippen MR) is 91.9 cm³/mol. The highest BCUT2D eigenvalue weighted by Gasteiger charge is 2.41. The fourth-order valence-corrected chi connectivity index (χ4v) is 3.28. The van der Waals surface area contributed by atoms with E-state index in [1.54, 1.807) is 25.2 Å². The molecular formula is C18H24FN3O4. The van der Waals surface area contributed by atoms with Crippen LogP contribution in [-0.4, -0.2) is 80.8 Å². The second-order valence-electron chi connectivity index (χ2n) is 6.45. The van der Waals surface area contributed by atoms with Crippen molar-refractivity contribution in [2.75, 3.05) is 53.0 Å². The number of hydrogen-bond acceptors (Lipinski definition) is 5. The zero-order chi connectivity index (χ0) is 18.5. The molecule has 0 aliphatic carbocycles. The lowest BCUT2D eigenvalue weighted by atomic mass is 9.97. The number of carbonyl (C=O) groups is 2. The van der Waals surface area contributed by atoms with Crippen LogP contribution in [-0.2, 0) is 19.1 Å². The lowest BCUT2D eigenvalue weighted by molar-refractivity contribution is -0.162.